The van der Waals surface area contributed by atoms with Gasteiger partial charge in [0.2, 0.25) is 0 Å². The minimum Gasteiger partial charge on any atom is -0.460 e. The SMILES string of the molecule is CCN(N)c1ccc(C(CC(=O)OC(C)(C)C)c2ccc(C)c(CO)c2)c(C)c1N. The highest BCUT2D eigenvalue weighted by Crippen LogP contribution is 2.37. The first-order valence-corrected chi connectivity index (χ1v) is 10.3. The molecule has 0 saturated carbocycles. The van der Waals surface area contributed by atoms with Crippen molar-refractivity contribution in [1.82, 2.24) is 0 Å². The molecule has 0 fully saturated rings. The quantitative estimate of drug-likeness (QED) is 0.275. The van der Waals surface area contributed by atoms with Gasteiger partial charge in [-0.05, 0) is 75.4 Å². The van der Waals surface area contributed by atoms with E-state index in [-0.39, 0.29) is 24.9 Å². The van der Waals surface area contributed by atoms with E-state index >= 15 is 0 Å². The van der Waals surface area contributed by atoms with Gasteiger partial charge >= 0.3 is 5.97 Å². The van der Waals surface area contributed by atoms with Crippen LogP contribution in [0.3, 0.4) is 0 Å². The summed E-state index contributed by atoms with van der Waals surface area (Å²) >= 11 is 0. The van der Waals surface area contributed by atoms with Crippen molar-refractivity contribution >= 4 is 17.3 Å². The summed E-state index contributed by atoms with van der Waals surface area (Å²) in [6.45, 7) is 12.0. The van der Waals surface area contributed by atoms with Gasteiger partial charge in [0, 0.05) is 12.5 Å². The first-order valence-electron chi connectivity index (χ1n) is 10.3. The van der Waals surface area contributed by atoms with Crippen LogP contribution in [0.5, 0.6) is 0 Å². The number of nitrogens with zero attached hydrogens (tertiary/aromatic N) is 1. The third-order valence-corrected chi connectivity index (χ3v) is 5.30. The van der Waals surface area contributed by atoms with Crippen LogP contribution in [0.25, 0.3) is 0 Å². The van der Waals surface area contributed by atoms with Gasteiger partial charge in [0.1, 0.15) is 5.60 Å². The predicted octanol–water partition coefficient (Wildman–Crippen LogP) is 3.94. The van der Waals surface area contributed by atoms with E-state index in [1.807, 2.05) is 71.9 Å². The largest absolute Gasteiger partial charge is 0.460 e. The second kappa shape index (κ2) is 9.49. The van der Waals surface area contributed by atoms with Crippen molar-refractivity contribution in [3.8, 4) is 0 Å². The lowest BCUT2D eigenvalue weighted by molar-refractivity contribution is -0.155. The molecule has 0 radical (unpaired) electrons. The number of aliphatic hydroxyl groups excluding tert-OH is 1. The highest BCUT2D eigenvalue weighted by atomic mass is 16.6. The summed E-state index contributed by atoms with van der Waals surface area (Å²) in [5, 5.41) is 11.3. The second-order valence-corrected chi connectivity index (χ2v) is 8.69. The minimum atomic E-state index is -0.565. The van der Waals surface area contributed by atoms with E-state index in [1.54, 1.807) is 5.01 Å². The lowest BCUT2D eigenvalue weighted by Gasteiger charge is -2.26. The highest BCUT2D eigenvalue weighted by molar-refractivity contribution is 5.75. The van der Waals surface area contributed by atoms with Crippen molar-refractivity contribution in [1.29, 1.82) is 0 Å². The molecule has 0 amide bonds. The minimum absolute atomic E-state index is 0.0580. The molecule has 6 nitrogen and oxygen atoms in total. The van der Waals surface area contributed by atoms with Crippen LogP contribution >= 0.6 is 0 Å². The Balaban J connectivity index is 2.56. The molecule has 30 heavy (non-hydrogen) atoms. The van der Waals surface area contributed by atoms with Gasteiger partial charge < -0.3 is 20.6 Å². The van der Waals surface area contributed by atoms with Crippen LogP contribution < -0.4 is 16.6 Å². The van der Waals surface area contributed by atoms with Crippen molar-refractivity contribution in [2.75, 3.05) is 17.3 Å². The van der Waals surface area contributed by atoms with Crippen LogP contribution in [0.1, 0.15) is 67.9 Å². The number of aliphatic hydroxyl groups is 1. The van der Waals surface area contributed by atoms with Gasteiger partial charge in [-0.25, -0.2) is 5.84 Å². The van der Waals surface area contributed by atoms with E-state index in [0.29, 0.717) is 12.2 Å². The van der Waals surface area contributed by atoms with Crippen LogP contribution in [0.2, 0.25) is 0 Å². The number of nitrogens with two attached hydrogens (primary N) is 2. The Hall–Kier alpha value is -2.57. The smallest absolute Gasteiger partial charge is 0.307 e. The van der Waals surface area contributed by atoms with Crippen LogP contribution in [0.15, 0.2) is 30.3 Å². The lowest BCUT2D eigenvalue weighted by atomic mass is 9.84. The van der Waals surface area contributed by atoms with Crippen molar-refractivity contribution in [3.05, 3.63) is 58.1 Å². The monoisotopic (exact) mass is 413 g/mol. The van der Waals surface area contributed by atoms with Crippen LogP contribution in [-0.4, -0.2) is 23.2 Å². The molecule has 2 rings (SSSR count). The van der Waals surface area contributed by atoms with Crippen molar-refractivity contribution in [3.63, 3.8) is 0 Å². The van der Waals surface area contributed by atoms with Gasteiger partial charge in [-0.1, -0.05) is 24.3 Å². The molecule has 0 aliphatic rings. The van der Waals surface area contributed by atoms with E-state index in [0.717, 1.165) is 33.5 Å². The van der Waals surface area contributed by atoms with Crippen molar-refractivity contribution in [2.24, 2.45) is 5.84 Å². The fourth-order valence-corrected chi connectivity index (χ4v) is 3.57. The van der Waals surface area contributed by atoms with Crippen molar-refractivity contribution < 1.29 is 14.6 Å². The van der Waals surface area contributed by atoms with E-state index < -0.39 is 5.60 Å². The second-order valence-electron chi connectivity index (χ2n) is 8.69. The summed E-state index contributed by atoms with van der Waals surface area (Å²) in [4.78, 5) is 12.7. The number of anilines is 2. The van der Waals surface area contributed by atoms with Crippen LogP contribution in [0, 0.1) is 13.8 Å². The summed E-state index contributed by atoms with van der Waals surface area (Å²) in [6.07, 6.45) is 0.172. The van der Waals surface area contributed by atoms with Crippen molar-refractivity contribution in [2.45, 2.75) is 66.1 Å². The fourth-order valence-electron chi connectivity index (χ4n) is 3.57. The number of esters is 1. The number of nitrogen functional groups attached to an aromatic ring is 1. The number of aryl methyl sites for hydroxylation is 1. The Morgan fingerprint density at radius 3 is 2.43 bits per heavy atom. The Morgan fingerprint density at radius 2 is 1.87 bits per heavy atom. The standard InChI is InChI=1S/C24H35N3O3/c1-7-27(26)21-11-10-19(16(3)23(21)25)20(13-22(29)30-24(4,5)6)17-9-8-15(2)18(12-17)14-28/h8-12,20,28H,7,13-14,25-26H2,1-6H3. The average Bonchev–Trinajstić information content (AvgIpc) is 2.67. The molecule has 1 unspecified atom stereocenters. The van der Waals surface area contributed by atoms with Gasteiger partial charge in [-0.3, -0.25) is 4.79 Å². The van der Waals surface area contributed by atoms with Gasteiger partial charge in [0.05, 0.1) is 24.4 Å². The van der Waals surface area contributed by atoms with E-state index in [4.69, 9.17) is 16.3 Å². The van der Waals surface area contributed by atoms with Crippen LogP contribution in [-0.2, 0) is 16.1 Å². The normalized spacial score (nSPS) is 12.5. The maximum absolute atomic E-state index is 12.7. The van der Waals surface area contributed by atoms with Gasteiger partial charge in [-0.15, -0.1) is 0 Å². The van der Waals surface area contributed by atoms with E-state index in [2.05, 4.69) is 0 Å². The molecule has 6 heteroatoms. The lowest BCUT2D eigenvalue weighted by Crippen LogP contribution is -2.31. The third kappa shape index (κ3) is 5.52. The number of benzene rings is 2. The Morgan fingerprint density at radius 1 is 1.20 bits per heavy atom. The Kier molecular flexibility index (Phi) is 7.50. The molecule has 0 spiro atoms. The van der Waals surface area contributed by atoms with Gasteiger partial charge in [0.15, 0.2) is 0 Å². The molecule has 164 valence electrons. The number of rotatable bonds is 7. The zero-order valence-corrected chi connectivity index (χ0v) is 19.0. The molecular formula is C24H35N3O3. The molecule has 0 aliphatic carbocycles. The third-order valence-electron chi connectivity index (χ3n) is 5.30. The topological polar surface area (TPSA) is 102 Å². The fraction of sp³-hybridized carbons (Fsp3) is 0.458. The summed E-state index contributed by atoms with van der Waals surface area (Å²) in [7, 11) is 0. The average molecular weight is 414 g/mol. The van der Waals surface area contributed by atoms with Gasteiger partial charge in [-0.2, -0.15) is 0 Å². The molecule has 5 N–H and O–H groups in total. The Bertz CT molecular complexity index is 903. The summed E-state index contributed by atoms with van der Waals surface area (Å²) < 4.78 is 5.59. The number of hydrogen-bond acceptors (Lipinski definition) is 6. The first-order chi connectivity index (χ1) is 14.0. The number of carbonyl (C=O) groups excluding carboxylic acids is 1. The molecule has 0 aromatic heterocycles. The maximum Gasteiger partial charge on any atom is 0.307 e. The molecule has 1 atom stereocenters. The predicted molar refractivity (Wildman–Crippen MR) is 122 cm³/mol. The number of ether oxygens (including phenoxy) is 1. The molecule has 0 bridgehead atoms. The zero-order valence-electron chi connectivity index (χ0n) is 19.0. The summed E-state index contributed by atoms with van der Waals surface area (Å²) in [5.41, 5.74) is 11.8. The van der Waals surface area contributed by atoms with E-state index in [1.165, 1.54) is 0 Å². The molecule has 0 aliphatic heterocycles. The summed E-state index contributed by atoms with van der Waals surface area (Å²) in [6, 6.07) is 9.78. The molecule has 2 aromatic carbocycles. The molecular weight excluding hydrogens is 378 g/mol. The number of carbonyl (C=O) groups is 1. The van der Waals surface area contributed by atoms with E-state index in [9.17, 15) is 9.90 Å². The van der Waals surface area contributed by atoms with Crippen LogP contribution in [0.4, 0.5) is 11.4 Å². The highest BCUT2D eigenvalue weighted by Gasteiger charge is 2.26. The zero-order chi connectivity index (χ0) is 22.6. The molecule has 0 saturated heterocycles. The Labute approximate surface area is 179 Å². The molecule has 0 heterocycles. The maximum atomic E-state index is 12.7. The van der Waals surface area contributed by atoms with Gasteiger partial charge in [0.25, 0.3) is 0 Å². The summed E-state index contributed by atoms with van der Waals surface area (Å²) in [5.74, 6) is 5.52. The number of hydrogen-bond donors (Lipinski definition) is 3. The first kappa shape index (κ1) is 23.7. The molecule has 2 aromatic rings. The number of hydrazine groups is 1.